The van der Waals surface area contributed by atoms with Gasteiger partial charge in [0.05, 0.1) is 17.8 Å². The van der Waals surface area contributed by atoms with Gasteiger partial charge in [-0.05, 0) is 42.5 Å². The fourth-order valence-electron chi connectivity index (χ4n) is 2.37. The first kappa shape index (κ1) is 11.9. The van der Waals surface area contributed by atoms with Gasteiger partial charge in [-0.15, -0.1) is 0 Å². The van der Waals surface area contributed by atoms with Crippen LogP contribution in [0.15, 0.2) is 30.6 Å². The molecule has 1 saturated carbocycles. The van der Waals surface area contributed by atoms with Gasteiger partial charge in [0.25, 0.3) is 0 Å². The first-order valence-electron chi connectivity index (χ1n) is 6.48. The second-order valence-corrected chi connectivity index (χ2v) is 5.09. The van der Waals surface area contributed by atoms with Crippen molar-refractivity contribution in [1.82, 2.24) is 9.78 Å². The molecule has 1 aromatic heterocycles. The van der Waals surface area contributed by atoms with Crippen LogP contribution in [0, 0.1) is 23.1 Å². The van der Waals surface area contributed by atoms with E-state index >= 15 is 0 Å². The summed E-state index contributed by atoms with van der Waals surface area (Å²) in [5, 5.41) is 13.2. The molecular weight excluding hydrogens is 241 g/mol. The number of hydrogen-bond donors (Lipinski definition) is 0. The van der Waals surface area contributed by atoms with Crippen LogP contribution in [-0.2, 0) is 6.54 Å². The predicted octanol–water partition coefficient (Wildman–Crippen LogP) is 3.36. The fourth-order valence-corrected chi connectivity index (χ4v) is 2.37. The highest BCUT2D eigenvalue weighted by Gasteiger charge is 2.18. The molecule has 1 fully saturated rings. The van der Waals surface area contributed by atoms with Crippen LogP contribution in [0.2, 0.25) is 0 Å². The van der Waals surface area contributed by atoms with E-state index in [0.29, 0.717) is 11.1 Å². The van der Waals surface area contributed by atoms with Gasteiger partial charge < -0.3 is 0 Å². The Bertz CT molecular complexity index is 635. The first-order chi connectivity index (χ1) is 9.24. The van der Waals surface area contributed by atoms with Gasteiger partial charge in [0.15, 0.2) is 0 Å². The molecule has 1 aromatic carbocycles. The minimum atomic E-state index is -0.388. The Balaban J connectivity index is 1.85. The molecular formula is C15H14FN3. The predicted molar refractivity (Wildman–Crippen MR) is 69.7 cm³/mol. The third-order valence-corrected chi connectivity index (χ3v) is 3.66. The first-order valence-corrected chi connectivity index (χ1v) is 6.48. The van der Waals surface area contributed by atoms with Gasteiger partial charge in [-0.25, -0.2) is 4.39 Å². The molecule has 0 aliphatic heterocycles. The second-order valence-electron chi connectivity index (χ2n) is 5.09. The van der Waals surface area contributed by atoms with Gasteiger partial charge in [-0.3, -0.25) is 4.68 Å². The average Bonchev–Trinajstić information content (AvgIpc) is 2.81. The van der Waals surface area contributed by atoms with Crippen LogP contribution in [0.4, 0.5) is 4.39 Å². The Labute approximate surface area is 111 Å². The number of nitriles is 1. The monoisotopic (exact) mass is 255 g/mol. The van der Waals surface area contributed by atoms with Crippen molar-refractivity contribution in [2.24, 2.45) is 5.92 Å². The topological polar surface area (TPSA) is 41.6 Å². The highest BCUT2D eigenvalue weighted by molar-refractivity contribution is 5.63. The van der Waals surface area contributed by atoms with Gasteiger partial charge in [0.1, 0.15) is 5.82 Å². The molecule has 3 nitrogen and oxygen atoms in total. The summed E-state index contributed by atoms with van der Waals surface area (Å²) < 4.78 is 15.3. The summed E-state index contributed by atoms with van der Waals surface area (Å²) in [6.07, 6.45) is 7.51. The van der Waals surface area contributed by atoms with E-state index < -0.39 is 0 Å². The summed E-state index contributed by atoms with van der Waals surface area (Å²) >= 11 is 0. The van der Waals surface area contributed by atoms with Crippen molar-refractivity contribution >= 4 is 0 Å². The van der Waals surface area contributed by atoms with Crippen molar-refractivity contribution in [2.45, 2.75) is 25.8 Å². The lowest BCUT2D eigenvalue weighted by molar-refractivity contribution is 0.266. The maximum absolute atomic E-state index is 13.4. The maximum atomic E-state index is 13.4. The van der Waals surface area contributed by atoms with Crippen LogP contribution in [0.3, 0.4) is 0 Å². The van der Waals surface area contributed by atoms with Crippen LogP contribution in [0.25, 0.3) is 11.1 Å². The van der Waals surface area contributed by atoms with Crippen molar-refractivity contribution in [3.05, 3.63) is 42.0 Å². The smallest absolute Gasteiger partial charge is 0.125 e. The zero-order chi connectivity index (χ0) is 13.2. The summed E-state index contributed by atoms with van der Waals surface area (Å²) in [6, 6.07) is 6.33. The van der Waals surface area contributed by atoms with Crippen LogP contribution in [0.5, 0.6) is 0 Å². The van der Waals surface area contributed by atoms with E-state index in [2.05, 4.69) is 5.10 Å². The van der Waals surface area contributed by atoms with Gasteiger partial charge in [-0.1, -0.05) is 6.42 Å². The molecule has 19 heavy (non-hydrogen) atoms. The van der Waals surface area contributed by atoms with Gasteiger partial charge >= 0.3 is 0 Å². The van der Waals surface area contributed by atoms with Crippen LogP contribution in [0.1, 0.15) is 24.8 Å². The Kier molecular flexibility index (Phi) is 3.04. The molecule has 96 valence electrons. The summed E-state index contributed by atoms with van der Waals surface area (Å²) in [6.45, 7) is 0.931. The Morgan fingerprint density at radius 2 is 2.16 bits per heavy atom. The molecule has 2 aromatic rings. The Hall–Kier alpha value is -2.15. The molecule has 0 spiro atoms. The van der Waals surface area contributed by atoms with Crippen molar-refractivity contribution in [1.29, 1.82) is 5.26 Å². The lowest BCUT2D eigenvalue weighted by atomic mass is 9.85. The molecule has 4 heteroatoms. The zero-order valence-electron chi connectivity index (χ0n) is 10.5. The number of benzene rings is 1. The highest BCUT2D eigenvalue weighted by Crippen LogP contribution is 2.28. The number of nitrogens with zero attached hydrogens (tertiary/aromatic N) is 3. The molecule has 0 unspecified atom stereocenters. The van der Waals surface area contributed by atoms with E-state index in [9.17, 15) is 4.39 Å². The minimum Gasteiger partial charge on any atom is -0.272 e. The van der Waals surface area contributed by atoms with Crippen LogP contribution >= 0.6 is 0 Å². The highest BCUT2D eigenvalue weighted by atomic mass is 19.1. The molecule has 0 amide bonds. The molecule has 0 bridgehead atoms. The molecule has 0 saturated heterocycles. The van der Waals surface area contributed by atoms with Gasteiger partial charge in [0, 0.05) is 18.3 Å². The Morgan fingerprint density at radius 3 is 2.84 bits per heavy atom. The molecule has 1 aliphatic rings. The molecule has 1 heterocycles. The zero-order valence-corrected chi connectivity index (χ0v) is 10.5. The summed E-state index contributed by atoms with van der Waals surface area (Å²) in [7, 11) is 0. The van der Waals surface area contributed by atoms with E-state index in [1.165, 1.54) is 31.4 Å². The SMILES string of the molecule is N#Cc1cc(F)cc(-c2cnn(CC3CCC3)c2)c1. The second kappa shape index (κ2) is 4.85. The molecule has 0 atom stereocenters. The van der Waals surface area contributed by atoms with Crippen molar-refractivity contribution in [3.8, 4) is 17.2 Å². The lowest BCUT2D eigenvalue weighted by Gasteiger charge is -2.24. The standard InChI is InChI=1S/C15H14FN3/c16-15-5-12(7-17)4-13(6-15)14-8-18-19(10-14)9-11-2-1-3-11/h4-6,8,10-11H,1-3,9H2. The summed E-state index contributed by atoms with van der Waals surface area (Å²) in [4.78, 5) is 0. The third-order valence-electron chi connectivity index (χ3n) is 3.66. The van der Waals surface area contributed by atoms with Crippen molar-refractivity contribution < 1.29 is 4.39 Å². The molecule has 0 N–H and O–H groups in total. The summed E-state index contributed by atoms with van der Waals surface area (Å²) in [5.74, 6) is 0.343. The fraction of sp³-hybridized carbons (Fsp3) is 0.333. The molecule has 0 radical (unpaired) electrons. The van der Waals surface area contributed by atoms with E-state index in [0.717, 1.165) is 18.0 Å². The number of hydrogen-bond acceptors (Lipinski definition) is 2. The van der Waals surface area contributed by atoms with E-state index in [4.69, 9.17) is 5.26 Å². The molecule has 3 rings (SSSR count). The average molecular weight is 255 g/mol. The quantitative estimate of drug-likeness (QED) is 0.843. The van der Waals surface area contributed by atoms with E-state index in [-0.39, 0.29) is 5.82 Å². The van der Waals surface area contributed by atoms with E-state index in [1.807, 2.05) is 16.9 Å². The van der Waals surface area contributed by atoms with Gasteiger partial charge in [0.2, 0.25) is 0 Å². The van der Waals surface area contributed by atoms with Crippen LogP contribution in [-0.4, -0.2) is 9.78 Å². The van der Waals surface area contributed by atoms with E-state index in [1.54, 1.807) is 12.3 Å². The maximum Gasteiger partial charge on any atom is 0.125 e. The van der Waals surface area contributed by atoms with Crippen molar-refractivity contribution in [2.75, 3.05) is 0 Å². The normalized spacial score (nSPS) is 14.9. The Morgan fingerprint density at radius 1 is 1.32 bits per heavy atom. The van der Waals surface area contributed by atoms with Crippen molar-refractivity contribution in [3.63, 3.8) is 0 Å². The lowest BCUT2D eigenvalue weighted by Crippen LogP contribution is -2.18. The number of aromatic nitrogens is 2. The largest absolute Gasteiger partial charge is 0.272 e. The molecule has 1 aliphatic carbocycles. The number of rotatable bonds is 3. The third kappa shape index (κ3) is 2.50. The number of halogens is 1. The van der Waals surface area contributed by atoms with Gasteiger partial charge in [-0.2, -0.15) is 10.4 Å². The van der Waals surface area contributed by atoms with Crippen LogP contribution < -0.4 is 0 Å². The minimum absolute atomic E-state index is 0.335. The summed E-state index contributed by atoms with van der Waals surface area (Å²) in [5.41, 5.74) is 1.90.